The minimum Gasteiger partial charge on any atom is -0.505 e. The summed E-state index contributed by atoms with van der Waals surface area (Å²) < 4.78 is 30.4. The molecule has 6 rings (SSSR count). The van der Waals surface area contributed by atoms with E-state index in [1.807, 2.05) is 6.07 Å². The molecule has 3 aromatic heterocycles. The van der Waals surface area contributed by atoms with Crippen molar-refractivity contribution in [2.75, 3.05) is 0 Å². The number of rotatable bonds is 4. The monoisotopic (exact) mass is 526 g/mol. The van der Waals surface area contributed by atoms with Crippen LogP contribution in [0.15, 0.2) is 35.3 Å². The molecular formula is C24H13ClF2N4O2S2. The summed E-state index contributed by atoms with van der Waals surface area (Å²) in [5, 5.41) is 20.8. The average molecular weight is 527 g/mol. The van der Waals surface area contributed by atoms with Crippen molar-refractivity contribution in [3.05, 3.63) is 72.9 Å². The van der Waals surface area contributed by atoms with E-state index in [1.54, 1.807) is 6.07 Å². The third-order valence-electron chi connectivity index (χ3n) is 6.00. The highest BCUT2D eigenvalue weighted by Gasteiger charge is 2.30. The molecule has 6 nitrogen and oxygen atoms in total. The summed E-state index contributed by atoms with van der Waals surface area (Å²) in [4.78, 5) is 23.6. The molecule has 0 unspecified atom stereocenters. The minimum absolute atomic E-state index is 0.0382. The van der Waals surface area contributed by atoms with Gasteiger partial charge >= 0.3 is 0 Å². The summed E-state index contributed by atoms with van der Waals surface area (Å²) >= 11 is 8.32. The zero-order chi connectivity index (χ0) is 24.4. The smallest absolute Gasteiger partial charge is 0.263 e. The standard InChI is InChI=1S/C24H13ClF2N4O2S2/c25-15-4-3-12-19-23(35-21(12)20(15)32)30-22(14-6-17(27)16(26)5-13(14)10-1-2-10)31(24(19)33)9-11-8-29-18(7-28)34-11/h3-6,8,10,32H,1-2,9H2. The van der Waals surface area contributed by atoms with Crippen LogP contribution in [0.3, 0.4) is 0 Å². The number of thiophene rings is 1. The third kappa shape index (κ3) is 3.58. The molecule has 174 valence electrons. The molecule has 1 aliphatic carbocycles. The maximum Gasteiger partial charge on any atom is 0.263 e. The Balaban J connectivity index is 1.69. The van der Waals surface area contributed by atoms with Crippen LogP contribution in [0.2, 0.25) is 5.02 Å². The van der Waals surface area contributed by atoms with Gasteiger partial charge in [-0.2, -0.15) is 5.26 Å². The molecule has 0 radical (unpaired) electrons. The highest BCUT2D eigenvalue weighted by atomic mass is 35.5. The van der Waals surface area contributed by atoms with Crippen LogP contribution in [0, 0.1) is 23.0 Å². The summed E-state index contributed by atoms with van der Waals surface area (Å²) in [6.45, 7) is 0.0382. The molecule has 2 aromatic carbocycles. The number of fused-ring (bicyclic) bond motifs is 3. The Labute approximate surface area is 209 Å². The van der Waals surface area contributed by atoms with Crippen LogP contribution in [0.5, 0.6) is 5.75 Å². The van der Waals surface area contributed by atoms with Crippen molar-refractivity contribution < 1.29 is 13.9 Å². The van der Waals surface area contributed by atoms with E-state index in [9.17, 15) is 18.7 Å². The highest BCUT2D eigenvalue weighted by molar-refractivity contribution is 7.25. The Morgan fingerprint density at radius 1 is 1.23 bits per heavy atom. The lowest BCUT2D eigenvalue weighted by atomic mass is 10.0. The third-order valence-corrected chi connectivity index (χ3v) is 8.30. The first kappa shape index (κ1) is 22.1. The van der Waals surface area contributed by atoms with Gasteiger partial charge in [-0.3, -0.25) is 9.36 Å². The van der Waals surface area contributed by atoms with Gasteiger partial charge in [0.25, 0.3) is 5.56 Å². The van der Waals surface area contributed by atoms with E-state index in [-0.39, 0.29) is 34.1 Å². The molecular weight excluding hydrogens is 514 g/mol. The molecule has 0 saturated heterocycles. The van der Waals surface area contributed by atoms with Crippen molar-refractivity contribution in [2.45, 2.75) is 25.3 Å². The van der Waals surface area contributed by atoms with Gasteiger partial charge in [-0.1, -0.05) is 17.7 Å². The van der Waals surface area contributed by atoms with Gasteiger partial charge in [0.15, 0.2) is 22.4 Å². The van der Waals surface area contributed by atoms with E-state index >= 15 is 0 Å². The van der Waals surface area contributed by atoms with Crippen molar-refractivity contribution in [3.63, 3.8) is 0 Å². The van der Waals surface area contributed by atoms with Gasteiger partial charge in [-0.05, 0) is 42.5 Å². The quantitative estimate of drug-likeness (QED) is 0.302. The van der Waals surface area contributed by atoms with Crippen molar-refractivity contribution >= 4 is 54.6 Å². The molecule has 0 amide bonds. The maximum atomic E-state index is 14.4. The van der Waals surface area contributed by atoms with Gasteiger partial charge in [0.1, 0.15) is 16.7 Å². The predicted octanol–water partition coefficient (Wildman–Crippen LogP) is 6.17. The SMILES string of the molecule is N#Cc1ncc(Cn2c(-c3cc(F)c(F)cc3C3CC3)nc3sc4c(O)c(Cl)ccc4c3c2=O)s1. The lowest BCUT2D eigenvalue weighted by Gasteiger charge is -2.15. The van der Waals surface area contributed by atoms with Gasteiger partial charge in [0.05, 0.1) is 21.7 Å². The molecule has 35 heavy (non-hydrogen) atoms. The Kier molecular flexibility index (Phi) is 5.11. The van der Waals surface area contributed by atoms with E-state index in [1.165, 1.54) is 22.9 Å². The Bertz CT molecular complexity index is 1780. The Morgan fingerprint density at radius 2 is 2.00 bits per heavy atom. The Morgan fingerprint density at radius 3 is 2.71 bits per heavy atom. The molecule has 1 N–H and O–H groups in total. The van der Waals surface area contributed by atoms with E-state index in [2.05, 4.69) is 4.98 Å². The molecule has 5 aromatic rings. The molecule has 1 saturated carbocycles. The van der Waals surface area contributed by atoms with E-state index in [0.717, 1.165) is 41.6 Å². The number of nitrogens with zero attached hydrogens (tertiary/aromatic N) is 4. The normalized spacial score (nSPS) is 13.5. The summed E-state index contributed by atoms with van der Waals surface area (Å²) in [6, 6.07) is 7.40. The van der Waals surface area contributed by atoms with Crippen LogP contribution < -0.4 is 5.56 Å². The van der Waals surface area contributed by atoms with Gasteiger partial charge in [0, 0.05) is 22.0 Å². The van der Waals surface area contributed by atoms with Crippen molar-refractivity contribution in [1.82, 2.24) is 14.5 Å². The summed E-state index contributed by atoms with van der Waals surface area (Å²) in [7, 11) is 0. The van der Waals surface area contributed by atoms with Crippen LogP contribution in [-0.4, -0.2) is 19.6 Å². The summed E-state index contributed by atoms with van der Waals surface area (Å²) in [6.07, 6.45) is 3.17. The number of thiazole rings is 1. The average Bonchev–Trinajstić information content (AvgIpc) is 3.46. The maximum absolute atomic E-state index is 14.4. The van der Waals surface area contributed by atoms with E-state index < -0.39 is 17.2 Å². The second kappa shape index (κ2) is 8.09. The molecule has 0 bridgehead atoms. The first-order valence-corrected chi connectivity index (χ1v) is 12.6. The number of hydrogen-bond acceptors (Lipinski definition) is 7. The summed E-state index contributed by atoms with van der Waals surface area (Å²) in [5.74, 6) is -1.89. The lowest BCUT2D eigenvalue weighted by Crippen LogP contribution is -2.24. The lowest BCUT2D eigenvalue weighted by molar-refractivity contribution is 0.483. The number of halogens is 3. The molecule has 0 spiro atoms. The van der Waals surface area contributed by atoms with Crippen LogP contribution in [0.1, 0.15) is 34.2 Å². The molecule has 0 atom stereocenters. The first-order valence-electron chi connectivity index (χ1n) is 10.5. The number of benzene rings is 2. The van der Waals surface area contributed by atoms with Crippen molar-refractivity contribution in [1.29, 1.82) is 5.26 Å². The number of aromatic hydroxyl groups is 1. The zero-order valence-electron chi connectivity index (χ0n) is 17.7. The second-order valence-electron chi connectivity index (χ2n) is 8.25. The number of nitriles is 1. The molecule has 11 heteroatoms. The van der Waals surface area contributed by atoms with Crippen LogP contribution in [0.4, 0.5) is 8.78 Å². The van der Waals surface area contributed by atoms with Gasteiger partial charge in [-0.25, -0.2) is 18.7 Å². The first-order chi connectivity index (χ1) is 16.9. The van der Waals surface area contributed by atoms with E-state index in [4.69, 9.17) is 21.8 Å². The Hall–Kier alpha value is -3.39. The van der Waals surface area contributed by atoms with Gasteiger partial charge in [-0.15, -0.1) is 22.7 Å². The largest absolute Gasteiger partial charge is 0.505 e. The number of aromatic nitrogens is 3. The topological polar surface area (TPSA) is 91.8 Å². The fourth-order valence-electron chi connectivity index (χ4n) is 4.21. The van der Waals surface area contributed by atoms with E-state index in [0.29, 0.717) is 36.3 Å². The van der Waals surface area contributed by atoms with Crippen LogP contribution >= 0.6 is 34.3 Å². The number of phenols is 1. The molecule has 1 aliphatic rings. The molecule has 1 fully saturated rings. The fourth-order valence-corrected chi connectivity index (χ4v) is 6.24. The number of phenolic OH excluding ortho intramolecular Hbond substituents is 1. The number of hydrogen-bond donors (Lipinski definition) is 1. The highest BCUT2D eigenvalue weighted by Crippen LogP contribution is 2.46. The van der Waals surface area contributed by atoms with Crippen molar-refractivity contribution in [2.24, 2.45) is 0 Å². The second-order valence-corrected chi connectivity index (χ2v) is 10.8. The van der Waals surface area contributed by atoms with Crippen LogP contribution in [-0.2, 0) is 6.54 Å². The van der Waals surface area contributed by atoms with Crippen molar-refractivity contribution in [3.8, 4) is 23.2 Å². The summed E-state index contributed by atoms with van der Waals surface area (Å²) in [5.41, 5.74) is 0.532. The molecule has 0 aliphatic heterocycles. The fraction of sp³-hybridized carbons (Fsp3) is 0.167. The molecule has 3 heterocycles. The predicted molar refractivity (Wildman–Crippen MR) is 131 cm³/mol. The van der Waals surface area contributed by atoms with Crippen LogP contribution in [0.25, 0.3) is 31.7 Å². The minimum atomic E-state index is -1.03. The zero-order valence-corrected chi connectivity index (χ0v) is 20.1. The van der Waals surface area contributed by atoms with Gasteiger partial charge in [0.2, 0.25) is 0 Å². The van der Waals surface area contributed by atoms with Gasteiger partial charge < -0.3 is 5.11 Å².